The highest BCUT2D eigenvalue weighted by atomic mass is 35.5. The average molecular weight is 492 g/mol. The standard InChI is InChI=1S/C27H23ClFN3OS/c28-21-10-2-3-11-22(21)30-27(33)32-16-20-19-9-1-4-13-24(19)34-26(20)31-14-6-12-23(31)25(32)17-7-5-8-18(29)15-17/h2-3,5-8,10-12,14-15,25H,1,4,9,13,16H2,(H,30,33). The summed E-state index contributed by atoms with van der Waals surface area (Å²) < 4.78 is 16.5. The molecule has 172 valence electrons. The van der Waals surface area contributed by atoms with Crippen molar-refractivity contribution < 1.29 is 9.18 Å². The molecule has 0 bridgehead atoms. The van der Waals surface area contributed by atoms with Gasteiger partial charge in [0, 0.05) is 16.6 Å². The van der Waals surface area contributed by atoms with Crippen molar-refractivity contribution in [2.45, 2.75) is 38.3 Å². The summed E-state index contributed by atoms with van der Waals surface area (Å²) in [7, 11) is 0. The molecule has 0 spiro atoms. The zero-order chi connectivity index (χ0) is 23.2. The van der Waals surface area contributed by atoms with Crippen molar-refractivity contribution >= 4 is 34.7 Å². The number of amides is 2. The number of urea groups is 1. The van der Waals surface area contributed by atoms with Gasteiger partial charge in [-0.1, -0.05) is 35.9 Å². The number of anilines is 1. The van der Waals surface area contributed by atoms with Gasteiger partial charge in [-0.05, 0) is 73.2 Å². The Hall–Kier alpha value is -3.09. The number of carbonyl (C=O) groups excluding carboxylic acids is 1. The Kier molecular flexibility index (Phi) is 5.42. The van der Waals surface area contributed by atoms with Crippen LogP contribution in [0.3, 0.4) is 0 Å². The number of hydrogen-bond donors (Lipinski definition) is 1. The summed E-state index contributed by atoms with van der Waals surface area (Å²) in [5, 5.41) is 4.65. The minimum absolute atomic E-state index is 0.265. The molecule has 3 heterocycles. The Morgan fingerprint density at radius 2 is 1.88 bits per heavy atom. The number of para-hydroxylation sites is 1. The van der Waals surface area contributed by atoms with E-state index in [-0.39, 0.29) is 11.8 Å². The lowest BCUT2D eigenvalue weighted by molar-refractivity contribution is 0.194. The molecule has 1 unspecified atom stereocenters. The molecule has 2 aromatic heterocycles. The van der Waals surface area contributed by atoms with Crippen LogP contribution in [0, 0.1) is 5.82 Å². The number of nitrogens with zero attached hydrogens (tertiary/aromatic N) is 2. The van der Waals surface area contributed by atoms with Crippen molar-refractivity contribution in [1.29, 1.82) is 0 Å². The largest absolute Gasteiger partial charge is 0.323 e. The Balaban J connectivity index is 1.51. The molecule has 6 rings (SSSR count). The van der Waals surface area contributed by atoms with Gasteiger partial charge >= 0.3 is 6.03 Å². The third-order valence-electron chi connectivity index (χ3n) is 6.72. The fourth-order valence-electron chi connectivity index (χ4n) is 5.16. The lowest BCUT2D eigenvalue weighted by Crippen LogP contribution is -2.38. The maximum absolute atomic E-state index is 14.3. The van der Waals surface area contributed by atoms with Gasteiger partial charge in [-0.25, -0.2) is 9.18 Å². The van der Waals surface area contributed by atoms with Gasteiger partial charge in [-0.15, -0.1) is 11.3 Å². The Labute approximate surface area is 206 Å². The molecule has 7 heteroatoms. The van der Waals surface area contributed by atoms with Gasteiger partial charge in [0.1, 0.15) is 10.8 Å². The molecule has 34 heavy (non-hydrogen) atoms. The molecule has 2 aliphatic rings. The minimum atomic E-state index is -0.452. The average Bonchev–Trinajstić information content (AvgIpc) is 3.42. The van der Waals surface area contributed by atoms with Crippen LogP contribution in [-0.4, -0.2) is 15.5 Å². The summed E-state index contributed by atoms with van der Waals surface area (Å²) in [5.74, 6) is -0.321. The molecule has 0 fully saturated rings. The first-order chi connectivity index (χ1) is 16.6. The van der Waals surface area contributed by atoms with Crippen molar-refractivity contribution in [2.75, 3.05) is 5.32 Å². The maximum atomic E-state index is 14.3. The quantitative estimate of drug-likeness (QED) is 0.313. The van der Waals surface area contributed by atoms with Crippen LogP contribution in [0.25, 0.3) is 5.00 Å². The number of aryl methyl sites for hydroxylation is 1. The van der Waals surface area contributed by atoms with Gasteiger partial charge < -0.3 is 14.8 Å². The lowest BCUT2D eigenvalue weighted by atomic mass is 9.95. The molecule has 4 aromatic rings. The zero-order valence-corrected chi connectivity index (χ0v) is 20.0. The van der Waals surface area contributed by atoms with Gasteiger partial charge in [0.15, 0.2) is 0 Å². The Bertz CT molecular complexity index is 1390. The predicted molar refractivity (Wildman–Crippen MR) is 135 cm³/mol. The number of hydrogen-bond acceptors (Lipinski definition) is 2. The Morgan fingerprint density at radius 3 is 2.74 bits per heavy atom. The number of aromatic nitrogens is 1. The second-order valence-corrected chi connectivity index (χ2v) is 10.3. The second kappa shape index (κ2) is 8.60. The van der Waals surface area contributed by atoms with Crippen LogP contribution in [0.2, 0.25) is 5.02 Å². The van der Waals surface area contributed by atoms with Gasteiger partial charge in [0.25, 0.3) is 0 Å². The van der Waals surface area contributed by atoms with Crippen LogP contribution < -0.4 is 5.32 Å². The van der Waals surface area contributed by atoms with Crippen molar-refractivity contribution in [1.82, 2.24) is 9.47 Å². The molecule has 2 amide bonds. The van der Waals surface area contributed by atoms with E-state index in [9.17, 15) is 9.18 Å². The molecule has 0 radical (unpaired) electrons. The minimum Gasteiger partial charge on any atom is -0.310 e. The molecule has 0 saturated heterocycles. The van der Waals surface area contributed by atoms with Crippen LogP contribution in [0.1, 0.15) is 46.1 Å². The number of halogens is 2. The summed E-state index contributed by atoms with van der Waals surface area (Å²) in [6.07, 6.45) is 6.53. The summed E-state index contributed by atoms with van der Waals surface area (Å²) in [4.78, 5) is 17.1. The van der Waals surface area contributed by atoms with E-state index in [1.807, 2.05) is 46.6 Å². The van der Waals surface area contributed by atoms with E-state index in [1.165, 1.54) is 39.6 Å². The van der Waals surface area contributed by atoms with Crippen molar-refractivity contribution in [3.05, 3.63) is 105 Å². The van der Waals surface area contributed by atoms with Crippen molar-refractivity contribution in [3.8, 4) is 5.00 Å². The number of rotatable bonds is 2. The van der Waals surface area contributed by atoms with E-state index in [0.29, 0.717) is 17.3 Å². The summed E-state index contributed by atoms with van der Waals surface area (Å²) in [6.45, 7) is 0.445. The van der Waals surface area contributed by atoms with Gasteiger partial charge in [-0.2, -0.15) is 0 Å². The molecule has 1 aliphatic heterocycles. The summed E-state index contributed by atoms with van der Waals surface area (Å²) >= 11 is 8.18. The van der Waals surface area contributed by atoms with E-state index in [2.05, 4.69) is 16.1 Å². The zero-order valence-electron chi connectivity index (χ0n) is 18.4. The highest BCUT2D eigenvalue weighted by Crippen LogP contribution is 2.44. The fraction of sp³-hybridized carbons (Fsp3) is 0.222. The topological polar surface area (TPSA) is 37.3 Å². The van der Waals surface area contributed by atoms with Gasteiger partial charge in [-0.3, -0.25) is 0 Å². The predicted octanol–water partition coefficient (Wildman–Crippen LogP) is 7.35. The third kappa shape index (κ3) is 3.62. The van der Waals surface area contributed by atoms with E-state index in [1.54, 1.807) is 18.2 Å². The monoisotopic (exact) mass is 491 g/mol. The normalized spacial score (nSPS) is 16.9. The van der Waals surface area contributed by atoms with Gasteiger partial charge in [0.2, 0.25) is 0 Å². The highest BCUT2D eigenvalue weighted by Gasteiger charge is 2.36. The SMILES string of the molecule is O=C(Nc1ccccc1Cl)N1Cc2c(sc3c2CCCC3)-n2cccc2C1c1cccc(F)c1. The van der Waals surface area contributed by atoms with Crippen LogP contribution in [0.5, 0.6) is 0 Å². The van der Waals surface area contributed by atoms with Crippen molar-refractivity contribution in [3.63, 3.8) is 0 Å². The number of thiophene rings is 1. The lowest BCUT2D eigenvalue weighted by Gasteiger charge is -2.31. The Morgan fingerprint density at radius 1 is 1.03 bits per heavy atom. The van der Waals surface area contributed by atoms with Crippen LogP contribution >= 0.6 is 22.9 Å². The third-order valence-corrected chi connectivity index (χ3v) is 8.38. The fourth-order valence-corrected chi connectivity index (χ4v) is 6.75. The van der Waals surface area contributed by atoms with E-state index in [0.717, 1.165) is 30.5 Å². The molecular formula is C27H23ClFN3OS. The van der Waals surface area contributed by atoms with E-state index in [4.69, 9.17) is 11.6 Å². The molecule has 1 aliphatic carbocycles. The van der Waals surface area contributed by atoms with Crippen LogP contribution in [0.4, 0.5) is 14.9 Å². The molecular weight excluding hydrogens is 469 g/mol. The number of nitrogens with one attached hydrogen (secondary N) is 1. The number of carbonyl (C=O) groups is 1. The number of benzene rings is 2. The smallest absolute Gasteiger partial charge is 0.310 e. The van der Waals surface area contributed by atoms with Crippen LogP contribution in [0.15, 0.2) is 66.9 Å². The first kappa shape index (κ1) is 21.4. The molecule has 2 aromatic carbocycles. The molecule has 4 nitrogen and oxygen atoms in total. The first-order valence-electron chi connectivity index (χ1n) is 11.5. The van der Waals surface area contributed by atoms with E-state index < -0.39 is 6.04 Å². The molecule has 1 atom stereocenters. The molecule has 1 N–H and O–H groups in total. The second-order valence-electron chi connectivity index (χ2n) is 8.79. The number of fused-ring (bicyclic) bond motifs is 5. The first-order valence-corrected chi connectivity index (χ1v) is 12.7. The van der Waals surface area contributed by atoms with E-state index >= 15 is 0 Å². The molecule has 0 saturated carbocycles. The van der Waals surface area contributed by atoms with Crippen molar-refractivity contribution in [2.24, 2.45) is 0 Å². The highest BCUT2D eigenvalue weighted by molar-refractivity contribution is 7.15. The van der Waals surface area contributed by atoms with Crippen LogP contribution in [-0.2, 0) is 19.4 Å². The summed E-state index contributed by atoms with van der Waals surface area (Å²) in [6, 6.07) is 17.1. The summed E-state index contributed by atoms with van der Waals surface area (Å²) in [5.41, 5.74) is 4.81. The maximum Gasteiger partial charge on any atom is 0.323 e. The van der Waals surface area contributed by atoms with Gasteiger partial charge in [0.05, 0.1) is 29.0 Å².